The van der Waals surface area contributed by atoms with Crippen molar-refractivity contribution in [3.8, 4) is 0 Å². The van der Waals surface area contributed by atoms with E-state index in [4.69, 9.17) is 9.47 Å². The molecular formula is C15H26N2O3. The Balaban J connectivity index is 1.93. The van der Waals surface area contributed by atoms with Crippen molar-refractivity contribution >= 4 is 5.91 Å². The highest BCUT2D eigenvalue weighted by molar-refractivity contribution is 5.96. The molecule has 20 heavy (non-hydrogen) atoms. The minimum Gasteiger partial charge on any atom is -0.350 e. The molecular weight excluding hydrogens is 256 g/mol. The van der Waals surface area contributed by atoms with Crippen LogP contribution in [0, 0.1) is 0 Å². The maximum Gasteiger partial charge on any atom is 0.248 e. The van der Waals surface area contributed by atoms with Crippen molar-refractivity contribution in [1.29, 1.82) is 0 Å². The molecule has 5 nitrogen and oxygen atoms in total. The Morgan fingerprint density at radius 2 is 2.00 bits per heavy atom. The fraction of sp³-hybridized carbons (Fsp3) is 0.800. The van der Waals surface area contributed by atoms with E-state index in [2.05, 4.69) is 24.5 Å². The number of carbonyl (C=O) groups excluding carboxylic acids is 1. The molecule has 1 fully saturated rings. The molecule has 2 heterocycles. The zero-order valence-electron chi connectivity index (χ0n) is 13.3. The van der Waals surface area contributed by atoms with Crippen molar-refractivity contribution in [2.45, 2.75) is 64.5 Å². The van der Waals surface area contributed by atoms with Gasteiger partial charge in [-0.25, -0.2) is 0 Å². The van der Waals surface area contributed by atoms with Gasteiger partial charge in [0.2, 0.25) is 5.91 Å². The standard InChI is InChI=1S/C15H26N2O3/c1-13(2)7-11(14(3,4)17-13)12(18)16-8-10-9-19-15(5,6)20-10/h7,10,17H,8-9H2,1-6H3,(H,16,18). The average Bonchev–Trinajstić information content (AvgIpc) is 2.71. The van der Waals surface area contributed by atoms with Gasteiger partial charge < -0.3 is 14.8 Å². The first kappa shape index (κ1) is 15.5. The van der Waals surface area contributed by atoms with Gasteiger partial charge in [-0.3, -0.25) is 10.1 Å². The summed E-state index contributed by atoms with van der Waals surface area (Å²) in [5.41, 5.74) is 0.297. The second-order valence-electron chi connectivity index (χ2n) is 7.19. The van der Waals surface area contributed by atoms with Crippen LogP contribution >= 0.6 is 0 Å². The summed E-state index contributed by atoms with van der Waals surface area (Å²) in [6.07, 6.45) is 1.91. The number of nitrogens with one attached hydrogen (secondary N) is 2. The quantitative estimate of drug-likeness (QED) is 0.820. The van der Waals surface area contributed by atoms with E-state index in [9.17, 15) is 4.79 Å². The van der Waals surface area contributed by atoms with Crippen molar-refractivity contribution < 1.29 is 14.3 Å². The molecule has 0 aromatic heterocycles. The predicted molar refractivity (Wildman–Crippen MR) is 77.3 cm³/mol. The highest BCUT2D eigenvalue weighted by Crippen LogP contribution is 2.29. The van der Waals surface area contributed by atoms with Crippen LogP contribution in [0.3, 0.4) is 0 Å². The normalized spacial score (nSPS) is 30.1. The van der Waals surface area contributed by atoms with E-state index in [1.807, 2.05) is 33.8 Å². The highest BCUT2D eigenvalue weighted by atomic mass is 16.7. The highest BCUT2D eigenvalue weighted by Gasteiger charge is 2.40. The van der Waals surface area contributed by atoms with Crippen molar-refractivity contribution in [3.63, 3.8) is 0 Å². The maximum atomic E-state index is 12.4. The predicted octanol–water partition coefficient (Wildman–Crippen LogP) is 1.34. The Labute approximate surface area is 121 Å². The smallest absolute Gasteiger partial charge is 0.248 e. The van der Waals surface area contributed by atoms with Crippen LogP contribution in [0.5, 0.6) is 0 Å². The first-order valence-corrected chi connectivity index (χ1v) is 7.13. The lowest BCUT2D eigenvalue weighted by atomic mass is 9.96. The number of rotatable bonds is 3. The zero-order chi connectivity index (χ0) is 15.2. The molecule has 1 unspecified atom stereocenters. The number of carbonyl (C=O) groups is 1. The number of ether oxygens (including phenoxy) is 2. The number of hydrogen-bond acceptors (Lipinski definition) is 4. The second-order valence-corrected chi connectivity index (χ2v) is 7.19. The summed E-state index contributed by atoms with van der Waals surface area (Å²) in [7, 11) is 0. The largest absolute Gasteiger partial charge is 0.350 e. The van der Waals surface area contributed by atoms with Crippen LogP contribution in [0.25, 0.3) is 0 Å². The average molecular weight is 282 g/mol. The molecule has 0 aliphatic carbocycles. The van der Waals surface area contributed by atoms with Gasteiger partial charge in [0.15, 0.2) is 5.79 Å². The van der Waals surface area contributed by atoms with Gasteiger partial charge in [0.25, 0.3) is 0 Å². The molecule has 0 bridgehead atoms. The van der Waals surface area contributed by atoms with Gasteiger partial charge in [0, 0.05) is 23.2 Å². The fourth-order valence-corrected chi connectivity index (χ4v) is 2.96. The van der Waals surface area contributed by atoms with Crippen molar-refractivity contribution in [2.75, 3.05) is 13.2 Å². The molecule has 0 aromatic rings. The van der Waals surface area contributed by atoms with Gasteiger partial charge in [-0.1, -0.05) is 6.08 Å². The molecule has 0 spiro atoms. The van der Waals surface area contributed by atoms with E-state index < -0.39 is 5.79 Å². The molecule has 1 atom stereocenters. The minimum atomic E-state index is -0.551. The Hall–Kier alpha value is -0.910. The SMILES string of the molecule is CC1(C)C=C(C(=O)NCC2COC(C)(C)O2)C(C)(C)N1. The molecule has 2 rings (SSSR count). The number of amides is 1. The third-order valence-electron chi connectivity index (χ3n) is 3.62. The molecule has 0 aromatic carbocycles. The molecule has 2 aliphatic heterocycles. The van der Waals surface area contributed by atoms with E-state index in [1.165, 1.54) is 0 Å². The maximum absolute atomic E-state index is 12.4. The molecule has 0 saturated carbocycles. The lowest BCUT2D eigenvalue weighted by Gasteiger charge is -2.27. The van der Waals surface area contributed by atoms with Crippen LogP contribution in [-0.4, -0.2) is 42.0 Å². The van der Waals surface area contributed by atoms with Crippen molar-refractivity contribution in [1.82, 2.24) is 10.6 Å². The van der Waals surface area contributed by atoms with Crippen LogP contribution in [0.2, 0.25) is 0 Å². The lowest BCUT2D eigenvalue weighted by molar-refractivity contribution is -0.139. The molecule has 5 heteroatoms. The summed E-state index contributed by atoms with van der Waals surface area (Å²) in [5, 5.41) is 6.38. The van der Waals surface area contributed by atoms with Gasteiger partial charge in [-0.15, -0.1) is 0 Å². The Kier molecular flexibility index (Phi) is 3.73. The fourth-order valence-electron chi connectivity index (χ4n) is 2.96. The first-order valence-electron chi connectivity index (χ1n) is 7.13. The van der Waals surface area contributed by atoms with Crippen molar-refractivity contribution in [2.24, 2.45) is 0 Å². The van der Waals surface area contributed by atoms with E-state index in [1.54, 1.807) is 0 Å². The second kappa shape index (κ2) is 4.83. The zero-order valence-corrected chi connectivity index (χ0v) is 13.3. The summed E-state index contributed by atoms with van der Waals surface area (Å²) < 4.78 is 11.2. The monoisotopic (exact) mass is 282 g/mol. The summed E-state index contributed by atoms with van der Waals surface area (Å²) in [4.78, 5) is 12.4. The first-order chi connectivity index (χ1) is 9.01. The van der Waals surface area contributed by atoms with Crippen LogP contribution in [0.1, 0.15) is 41.5 Å². The molecule has 1 saturated heterocycles. The van der Waals surface area contributed by atoms with Gasteiger partial charge in [0.1, 0.15) is 6.10 Å². The third kappa shape index (κ3) is 3.40. The van der Waals surface area contributed by atoms with Crippen LogP contribution in [0.4, 0.5) is 0 Å². The lowest BCUT2D eigenvalue weighted by Crippen LogP contribution is -2.48. The van der Waals surface area contributed by atoms with E-state index in [0.29, 0.717) is 13.2 Å². The van der Waals surface area contributed by atoms with Crippen molar-refractivity contribution in [3.05, 3.63) is 11.6 Å². The molecule has 2 aliphatic rings. The third-order valence-corrected chi connectivity index (χ3v) is 3.62. The Morgan fingerprint density at radius 3 is 2.45 bits per heavy atom. The van der Waals surface area contributed by atoms with Crippen LogP contribution in [-0.2, 0) is 14.3 Å². The van der Waals surface area contributed by atoms with Gasteiger partial charge >= 0.3 is 0 Å². The summed E-state index contributed by atoms with van der Waals surface area (Å²) in [6, 6.07) is 0. The topological polar surface area (TPSA) is 59.6 Å². The molecule has 114 valence electrons. The number of hydrogen-bond donors (Lipinski definition) is 2. The summed E-state index contributed by atoms with van der Waals surface area (Å²) >= 11 is 0. The Bertz CT molecular complexity index is 438. The van der Waals surface area contributed by atoms with E-state index in [0.717, 1.165) is 5.57 Å². The van der Waals surface area contributed by atoms with E-state index in [-0.39, 0.29) is 23.1 Å². The minimum absolute atomic E-state index is 0.0404. The molecule has 2 N–H and O–H groups in total. The summed E-state index contributed by atoms with van der Waals surface area (Å²) in [5.74, 6) is -0.591. The van der Waals surface area contributed by atoms with Crippen LogP contribution < -0.4 is 10.6 Å². The molecule has 1 amide bonds. The van der Waals surface area contributed by atoms with E-state index >= 15 is 0 Å². The van der Waals surface area contributed by atoms with Gasteiger partial charge in [-0.2, -0.15) is 0 Å². The van der Waals surface area contributed by atoms with Gasteiger partial charge in [0.05, 0.1) is 6.61 Å². The van der Waals surface area contributed by atoms with Crippen LogP contribution in [0.15, 0.2) is 11.6 Å². The van der Waals surface area contributed by atoms with Gasteiger partial charge in [-0.05, 0) is 41.5 Å². The summed E-state index contributed by atoms with van der Waals surface area (Å²) in [6.45, 7) is 12.9. The Morgan fingerprint density at radius 1 is 1.35 bits per heavy atom. The molecule has 0 radical (unpaired) electrons.